The number of aromatic nitrogens is 1. The first kappa shape index (κ1) is 16.5. The first-order valence-electron chi connectivity index (χ1n) is 9.67. The minimum atomic E-state index is -0.511. The lowest BCUT2D eigenvalue weighted by atomic mass is 9.86. The minimum absolute atomic E-state index is 0.0220. The summed E-state index contributed by atoms with van der Waals surface area (Å²) in [5.74, 6) is 1.28. The van der Waals surface area contributed by atoms with Gasteiger partial charge in [-0.2, -0.15) is 0 Å². The molecule has 7 heteroatoms. The highest BCUT2D eigenvalue weighted by Gasteiger charge is 2.47. The van der Waals surface area contributed by atoms with Gasteiger partial charge >= 0.3 is 0 Å². The number of benzene rings is 2. The SMILES string of the molecule is CN1CC(=O)N2[C@@H](c3ccc4c(c3)OCO4)c3[nH]c4ccccc4c3C[C@H]2C1=O. The van der Waals surface area contributed by atoms with Crippen molar-refractivity contribution in [2.24, 2.45) is 0 Å². The zero-order valence-electron chi connectivity index (χ0n) is 15.8. The van der Waals surface area contributed by atoms with E-state index in [0.29, 0.717) is 17.9 Å². The van der Waals surface area contributed by atoms with Crippen LogP contribution >= 0.6 is 0 Å². The monoisotopic (exact) mass is 389 g/mol. The molecule has 2 amide bonds. The van der Waals surface area contributed by atoms with Crippen molar-refractivity contribution in [1.82, 2.24) is 14.8 Å². The van der Waals surface area contributed by atoms with Gasteiger partial charge in [0.2, 0.25) is 18.6 Å². The average Bonchev–Trinajstić information content (AvgIpc) is 3.34. The molecule has 3 aliphatic heterocycles. The predicted molar refractivity (Wildman–Crippen MR) is 105 cm³/mol. The van der Waals surface area contributed by atoms with Gasteiger partial charge in [-0.1, -0.05) is 24.3 Å². The molecule has 7 nitrogen and oxygen atoms in total. The van der Waals surface area contributed by atoms with Crippen LogP contribution in [0.5, 0.6) is 11.5 Å². The van der Waals surface area contributed by atoms with E-state index in [1.807, 2.05) is 36.4 Å². The predicted octanol–water partition coefficient (Wildman–Crippen LogP) is 2.21. The topological polar surface area (TPSA) is 74.9 Å². The number of piperazine rings is 1. The number of hydrogen-bond donors (Lipinski definition) is 1. The second-order valence-electron chi connectivity index (χ2n) is 7.79. The molecule has 1 saturated heterocycles. The molecule has 3 aliphatic rings. The van der Waals surface area contributed by atoms with Gasteiger partial charge in [-0.15, -0.1) is 0 Å². The van der Waals surface area contributed by atoms with Gasteiger partial charge in [0, 0.05) is 30.1 Å². The number of likely N-dealkylation sites (N-methyl/N-ethyl adjacent to an activating group) is 1. The van der Waals surface area contributed by atoms with Crippen molar-refractivity contribution in [3.05, 3.63) is 59.3 Å². The molecule has 0 saturated carbocycles. The Kier molecular flexibility index (Phi) is 3.27. The minimum Gasteiger partial charge on any atom is -0.454 e. The zero-order chi connectivity index (χ0) is 19.7. The van der Waals surface area contributed by atoms with Crippen LogP contribution in [0.3, 0.4) is 0 Å². The van der Waals surface area contributed by atoms with Gasteiger partial charge in [0.1, 0.15) is 6.04 Å². The van der Waals surface area contributed by atoms with E-state index < -0.39 is 6.04 Å². The average molecular weight is 389 g/mol. The Morgan fingerprint density at radius 3 is 2.79 bits per heavy atom. The number of hydrogen-bond acceptors (Lipinski definition) is 4. The number of fused-ring (bicyclic) bond motifs is 5. The van der Waals surface area contributed by atoms with Crippen LogP contribution in [0.4, 0.5) is 0 Å². The van der Waals surface area contributed by atoms with Gasteiger partial charge in [0.15, 0.2) is 11.5 Å². The Balaban J connectivity index is 1.59. The molecule has 4 heterocycles. The Labute approximate surface area is 166 Å². The lowest BCUT2D eigenvalue weighted by Gasteiger charge is -2.46. The highest BCUT2D eigenvalue weighted by atomic mass is 16.7. The number of aromatic amines is 1. The molecule has 2 atom stereocenters. The molecule has 0 bridgehead atoms. The van der Waals surface area contributed by atoms with E-state index in [9.17, 15) is 9.59 Å². The van der Waals surface area contributed by atoms with Crippen LogP contribution < -0.4 is 9.47 Å². The lowest BCUT2D eigenvalue weighted by Crippen LogP contribution is -2.62. The van der Waals surface area contributed by atoms with Crippen LogP contribution in [0.1, 0.15) is 22.9 Å². The molecule has 1 aromatic heterocycles. The first-order chi connectivity index (χ1) is 14.1. The van der Waals surface area contributed by atoms with Crippen molar-refractivity contribution in [2.45, 2.75) is 18.5 Å². The van der Waals surface area contributed by atoms with E-state index in [1.54, 1.807) is 11.9 Å². The summed E-state index contributed by atoms with van der Waals surface area (Å²) in [6, 6.07) is 12.9. The van der Waals surface area contributed by atoms with Crippen LogP contribution in [0.15, 0.2) is 42.5 Å². The van der Waals surface area contributed by atoms with Crippen molar-refractivity contribution in [1.29, 1.82) is 0 Å². The Morgan fingerprint density at radius 2 is 1.90 bits per heavy atom. The Morgan fingerprint density at radius 1 is 1.07 bits per heavy atom. The number of H-pyrrole nitrogens is 1. The molecule has 1 fully saturated rings. The molecule has 1 N–H and O–H groups in total. The van der Waals surface area contributed by atoms with Gasteiger partial charge in [-0.3, -0.25) is 9.59 Å². The molecule has 6 rings (SSSR count). The molecule has 0 spiro atoms. The zero-order valence-corrected chi connectivity index (χ0v) is 15.8. The summed E-state index contributed by atoms with van der Waals surface area (Å²) in [6.07, 6.45) is 0.509. The highest BCUT2D eigenvalue weighted by Crippen LogP contribution is 2.44. The van der Waals surface area contributed by atoms with E-state index in [0.717, 1.165) is 27.7 Å². The van der Waals surface area contributed by atoms with Gasteiger partial charge in [0.05, 0.1) is 12.6 Å². The maximum absolute atomic E-state index is 13.1. The fourth-order valence-electron chi connectivity index (χ4n) is 4.84. The van der Waals surface area contributed by atoms with Crippen molar-refractivity contribution in [2.75, 3.05) is 20.4 Å². The number of rotatable bonds is 1. The largest absolute Gasteiger partial charge is 0.454 e. The van der Waals surface area contributed by atoms with Gasteiger partial charge in [-0.25, -0.2) is 0 Å². The molecule has 0 unspecified atom stereocenters. The second-order valence-corrected chi connectivity index (χ2v) is 7.79. The number of nitrogens with zero attached hydrogens (tertiary/aromatic N) is 2. The summed E-state index contributed by atoms with van der Waals surface area (Å²) in [5.41, 5.74) is 3.97. The molecular formula is C22H19N3O4. The van der Waals surface area contributed by atoms with Crippen molar-refractivity contribution in [3.63, 3.8) is 0 Å². The molecule has 146 valence electrons. The molecule has 3 aromatic rings. The number of carbonyl (C=O) groups excluding carboxylic acids is 2. The van der Waals surface area contributed by atoms with Crippen LogP contribution in [0.2, 0.25) is 0 Å². The standard InChI is InChI=1S/C22H19N3O4/c1-24-10-19(26)25-16(22(24)27)9-14-13-4-2-3-5-15(13)23-20(14)21(25)12-6-7-17-18(8-12)29-11-28-17/h2-8,16,21,23H,9-11H2,1H3/t16-,21-/m0/s1. The van der Waals surface area contributed by atoms with Crippen LogP contribution in [-0.4, -0.2) is 53.0 Å². The number of nitrogens with one attached hydrogen (secondary N) is 1. The van der Waals surface area contributed by atoms with E-state index in [1.165, 1.54) is 4.90 Å². The normalized spacial score (nSPS) is 22.8. The smallest absolute Gasteiger partial charge is 0.245 e. The Bertz CT molecular complexity index is 1180. The van der Waals surface area contributed by atoms with Crippen LogP contribution in [-0.2, 0) is 16.0 Å². The van der Waals surface area contributed by atoms with Crippen molar-refractivity contribution >= 4 is 22.7 Å². The molecule has 29 heavy (non-hydrogen) atoms. The fourth-order valence-corrected chi connectivity index (χ4v) is 4.84. The van der Waals surface area contributed by atoms with E-state index in [2.05, 4.69) is 11.1 Å². The number of carbonyl (C=O) groups is 2. The summed E-state index contributed by atoms with van der Waals surface area (Å²) in [7, 11) is 1.69. The van der Waals surface area contributed by atoms with Gasteiger partial charge in [-0.05, 0) is 29.3 Å². The Hall–Kier alpha value is -3.48. The van der Waals surface area contributed by atoms with E-state index >= 15 is 0 Å². The number of para-hydroxylation sites is 1. The molecule has 0 aliphatic carbocycles. The van der Waals surface area contributed by atoms with Gasteiger partial charge < -0.3 is 24.3 Å². The first-order valence-corrected chi connectivity index (χ1v) is 9.67. The third-order valence-corrected chi connectivity index (χ3v) is 6.17. The summed E-state index contributed by atoms with van der Waals surface area (Å²) in [4.78, 5) is 32.9. The third-order valence-electron chi connectivity index (χ3n) is 6.17. The fraction of sp³-hybridized carbons (Fsp3) is 0.273. The van der Waals surface area contributed by atoms with Gasteiger partial charge in [0.25, 0.3) is 0 Å². The quantitative estimate of drug-likeness (QED) is 0.693. The van der Waals surface area contributed by atoms with E-state index in [4.69, 9.17) is 9.47 Å². The molecular weight excluding hydrogens is 370 g/mol. The van der Waals surface area contributed by atoms with Crippen LogP contribution in [0.25, 0.3) is 10.9 Å². The summed E-state index contributed by atoms with van der Waals surface area (Å²) in [5, 5.41) is 1.10. The maximum atomic E-state index is 13.1. The molecule has 0 radical (unpaired) electrons. The van der Waals surface area contributed by atoms with Crippen molar-refractivity contribution < 1.29 is 19.1 Å². The number of ether oxygens (including phenoxy) is 2. The second kappa shape index (κ2) is 5.76. The molecule has 2 aromatic carbocycles. The maximum Gasteiger partial charge on any atom is 0.245 e. The highest BCUT2D eigenvalue weighted by molar-refractivity contribution is 5.97. The summed E-state index contributed by atoms with van der Waals surface area (Å²) >= 11 is 0. The van der Waals surface area contributed by atoms with Crippen LogP contribution in [0, 0.1) is 0 Å². The lowest BCUT2D eigenvalue weighted by molar-refractivity contribution is -0.157. The van der Waals surface area contributed by atoms with Crippen molar-refractivity contribution in [3.8, 4) is 11.5 Å². The summed E-state index contributed by atoms with van der Waals surface area (Å²) in [6.45, 7) is 0.279. The number of amides is 2. The third kappa shape index (κ3) is 2.24. The summed E-state index contributed by atoms with van der Waals surface area (Å²) < 4.78 is 11.0. The van der Waals surface area contributed by atoms with E-state index in [-0.39, 0.29) is 31.2 Å².